The Morgan fingerprint density at radius 2 is 2.24 bits per heavy atom. The summed E-state index contributed by atoms with van der Waals surface area (Å²) in [6, 6.07) is 5.64. The molecule has 0 spiro atoms. The number of benzene rings is 1. The molecule has 0 amide bonds. The molecule has 0 atom stereocenters. The van der Waals surface area contributed by atoms with Crippen molar-refractivity contribution >= 4 is 17.6 Å². The Labute approximate surface area is 106 Å². The molecule has 0 aliphatic rings. The fourth-order valence-electron chi connectivity index (χ4n) is 1.42. The Kier molecular flexibility index (Phi) is 5.80. The molecule has 0 aromatic heterocycles. The molecule has 17 heavy (non-hydrogen) atoms. The Morgan fingerprint density at radius 1 is 1.47 bits per heavy atom. The number of halogens is 1. The second-order valence-corrected chi connectivity index (χ2v) is 4.02. The maximum absolute atomic E-state index is 10.3. The van der Waals surface area contributed by atoms with Gasteiger partial charge >= 0.3 is 5.97 Å². The fraction of sp³-hybridized carbons (Fsp3) is 0.417. The van der Waals surface area contributed by atoms with Gasteiger partial charge in [0.1, 0.15) is 5.75 Å². The molecule has 1 aromatic rings. The number of carboxylic acids is 1. The number of methoxy groups -OCH3 is 1. The van der Waals surface area contributed by atoms with E-state index in [1.807, 2.05) is 18.2 Å². The van der Waals surface area contributed by atoms with Crippen LogP contribution in [0.2, 0.25) is 5.02 Å². The molecule has 0 radical (unpaired) electrons. The van der Waals surface area contributed by atoms with Crippen LogP contribution in [0.3, 0.4) is 0 Å². The SMILES string of the molecule is COc1ccc(CCNCCC(=O)O)cc1Cl. The van der Waals surface area contributed by atoms with Crippen molar-refractivity contribution in [2.45, 2.75) is 12.8 Å². The third-order valence-corrected chi connectivity index (χ3v) is 2.62. The highest BCUT2D eigenvalue weighted by molar-refractivity contribution is 6.32. The first-order valence-electron chi connectivity index (χ1n) is 5.38. The summed E-state index contributed by atoms with van der Waals surface area (Å²) in [5.41, 5.74) is 1.10. The van der Waals surface area contributed by atoms with Gasteiger partial charge in [0.05, 0.1) is 18.6 Å². The van der Waals surface area contributed by atoms with Gasteiger partial charge in [0.2, 0.25) is 0 Å². The zero-order chi connectivity index (χ0) is 12.7. The lowest BCUT2D eigenvalue weighted by molar-refractivity contribution is -0.136. The average molecular weight is 258 g/mol. The molecular weight excluding hydrogens is 242 g/mol. The lowest BCUT2D eigenvalue weighted by Crippen LogP contribution is -2.20. The van der Waals surface area contributed by atoms with Gasteiger partial charge < -0.3 is 15.2 Å². The number of aliphatic carboxylic acids is 1. The zero-order valence-corrected chi connectivity index (χ0v) is 10.5. The molecule has 1 rings (SSSR count). The molecule has 94 valence electrons. The zero-order valence-electron chi connectivity index (χ0n) is 9.70. The van der Waals surface area contributed by atoms with E-state index in [1.165, 1.54) is 0 Å². The summed E-state index contributed by atoms with van der Waals surface area (Å²) in [4.78, 5) is 10.3. The van der Waals surface area contributed by atoms with Crippen LogP contribution in [0, 0.1) is 0 Å². The lowest BCUT2D eigenvalue weighted by atomic mass is 10.1. The normalized spacial score (nSPS) is 10.2. The second kappa shape index (κ2) is 7.14. The van der Waals surface area contributed by atoms with Crippen molar-refractivity contribution in [3.63, 3.8) is 0 Å². The first-order chi connectivity index (χ1) is 8.13. The maximum atomic E-state index is 10.3. The van der Waals surface area contributed by atoms with Crippen molar-refractivity contribution in [3.8, 4) is 5.75 Å². The van der Waals surface area contributed by atoms with Crippen molar-refractivity contribution in [2.75, 3.05) is 20.2 Å². The van der Waals surface area contributed by atoms with Gasteiger partial charge in [-0.1, -0.05) is 17.7 Å². The summed E-state index contributed by atoms with van der Waals surface area (Å²) in [6.45, 7) is 1.22. The van der Waals surface area contributed by atoms with Gasteiger partial charge in [-0.25, -0.2) is 0 Å². The monoisotopic (exact) mass is 257 g/mol. The molecule has 0 aliphatic carbocycles. The van der Waals surface area contributed by atoms with Crippen LogP contribution >= 0.6 is 11.6 Å². The highest BCUT2D eigenvalue weighted by Gasteiger charge is 2.01. The number of carboxylic acid groups (broad SMARTS) is 1. The fourth-order valence-corrected chi connectivity index (χ4v) is 1.70. The first-order valence-corrected chi connectivity index (χ1v) is 5.76. The molecule has 4 nitrogen and oxygen atoms in total. The minimum absolute atomic E-state index is 0.142. The highest BCUT2D eigenvalue weighted by Crippen LogP contribution is 2.24. The average Bonchev–Trinajstić information content (AvgIpc) is 2.28. The largest absolute Gasteiger partial charge is 0.495 e. The minimum Gasteiger partial charge on any atom is -0.495 e. The summed E-state index contributed by atoms with van der Waals surface area (Å²) in [6.07, 6.45) is 0.951. The van der Waals surface area contributed by atoms with Crippen molar-refractivity contribution in [1.29, 1.82) is 0 Å². The first kappa shape index (κ1) is 13.8. The Morgan fingerprint density at radius 3 is 2.82 bits per heavy atom. The maximum Gasteiger partial charge on any atom is 0.304 e. The number of hydrogen-bond acceptors (Lipinski definition) is 3. The van der Waals surface area contributed by atoms with Crippen LogP contribution in [0.4, 0.5) is 0 Å². The van der Waals surface area contributed by atoms with E-state index in [4.69, 9.17) is 21.4 Å². The standard InChI is InChI=1S/C12H16ClNO3/c1-17-11-3-2-9(8-10(11)13)4-6-14-7-5-12(15)16/h2-3,8,14H,4-7H2,1H3,(H,15,16). The molecule has 0 bridgehead atoms. The number of rotatable bonds is 7. The van der Waals surface area contributed by atoms with Crippen LogP contribution in [-0.2, 0) is 11.2 Å². The summed E-state index contributed by atoms with van der Waals surface area (Å²) < 4.78 is 5.06. The number of ether oxygens (including phenoxy) is 1. The highest BCUT2D eigenvalue weighted by atomic mass is 35.5. The smallest absolute Gasteiger partial charge is 0.304 e. The van der Waals surface area contributed by atoms with E-state index < -0.39 is 5.97 Å². The van der Waals surface area contributed by atoms with E-state index in [9.17, 15) is 4.79 Å². The molecule has 0 aliphatic heterocycles. The Bertz CT molecular complexity index is 382. The second-order valence-electron chi connectivity index (χ2n) is 3.61. The van der Waals surface area contributed by atoms with Gasteiger partial charge in [-0.15, -0.1) is 0 Å². The molecule has 0 fully saturated rings. The van der Waals surface area contributed by atoms with Crippen LogP contribution < -0.4 is 10.1 Å². The Hall–Kier alpha value is -1.26. The van der Waals surface area contributed by atoms with E-state index in [0.29, 0.717) is 17.3 Å². The van der Waals surface area contributed by atoms with Gasteiger partial charge in [-0.3, -0.25) is 4.79 Å². The number of hydrogen-bond donors (Lipinski definition) is 2. The summed E-state index contributed by atoms with van der Waals surface area (Å²) >= 11 is 5.99. The van der Waals surface area contributed by atoms with E-state index in [0.717, 1.165) is 18.5 Å². The van der Waals surface area contributed by atoms with Crippen LogP contribution in [0.5, 0.6) is 5.75 Å². The molecule has 2 N–H and O–H groups in total. The van der Waals surface area contributed by atoms with Crippen LogP contribution in [-0.4, -0.2) is 31.3 Å². The third-order valence-electron chi connectivity index (χ3n) is 2.32. The van der Waals surface area contributed by atoms with E-state index >= 15 is 0 Å². The van der Waals surface area contributed by atoms with Crippen molar-refractivity contribution in [1.82, 2.24) is 5.32 Å². The van der Waals surface area contributed by atoms with E-state index in [1.54, 1.807) is 7.11 Å². The number of carbonyl (C=O) groups is 1. The Balaban J connectivity index is 2.32. The molecular formula is C12H16ClNO3. The quantitative estimate of drug-likeness (QED) is 0.733. The molecule has 1 aromatic carbocycles. The van der Waals surface area contributed by atoms with Crippen molar-refractivity contribution < 1.29 is 14.6 Å². The van der Waals surface area contributed by atoms with Crippen LogP contribution in [0.1, 0.15) is 12.0 Å². The summed E-state index contributed by atoms with van der Waals surface area (Å²) in [7, 11) is 1.58. The lowest BCUT2D eigenvalue weighted by Gasteiger charge is -2.06. The van der Waals surface area contributed by atoms with Crippen molar-refractivity contribution in [2.24, 2.45) is 0 Å². The van der Waals surface area contributed by atoms with Gasteiger partial charge in [0.25, 0.3) is 0 Å². The van der Waals surface area contributed by atoms with Crippen molar-refractivity contribution in [3.05, 3.63) is 28.8 Å². The molecule has 0 saturated carbocycles. The predicted octanol–water partition coefficient (Wildman–Crippen LogP) is 1.96. The van der Waals surface area contributed by atoms with Gasteiger partial charge in [-0.2, -0.15) is 0 Å². The number of nitrogens with one attached hydrogen (secondary N) is 1. The molecule has 5 heteroatoms. The topological polar surface area (TPSA) is 58.6 Å². The van der Waals surface area contributed by atoms with Crippen LogP contribution in [0.15, 0.2) is 18.2 Å². The van der Waals surface area contributed by atoms with Gasteiger partial charge in [-0.05, 0) is 30.7 Å². The van der Waals surface area contributed by atoms with Crippen LogP contribution in [0.25, 0.3) is 0 Å². The minimum atomic E-state index is -0.787. The predicted molar refractivity (Wildman–Crippen MR) is 66.8 cm³/mol. The molecule has 0 saturated heterocycles. The molecule has 0 heterocycles. The molecule has 0 unspecified atom stereocenters. The van der Waals surface area contributed by atoms with Gasteiger partial charge in [0, 0.05) is 6.54 Å². The van der Waals surface area contributed by atoms with Gasteiger partial charge in [0.15, 0.2) is 0 Å². The summed E-state index contributed by atoms with van der Waals surface area (Å²) in [5, 5.41) is 12.1. The van der Waals surface area contributed by atoms with E-state index in [-0.39, 0.29) is 6.42 Å². The third kappa shape index (κ3) is 5.06. The summed E-state index contributed by atoms with van der Waals surface area (Å²) in [5.74, 6) is -0.126. The van der Waals surface area contributed by atoms with E-state index in [2.05, 4.69) is 5.32 Å².